The number of hydrazone groups is 1. The Labute approximate surface area is 192 Å². The van der Waals surface area contributed by atoms with Crippen LogP contribution in [0, 0.1) is 0 Å². The Balaban J connectivity index is 1.30. The van der Waals surface area contributed by atoms with Gasteiger partial charge in [0.15, 0.2) is 0 Å². The molecular formula is C23H17BrClN3OS. The van der Waals surface area contributed by atoms with Gasteiger partial charge in [-0.3, -0.25) is 5.43 Å². The van der Waals surface area contributed by atoms with Crippen LogP contribution in [0.5, 0.6) is 5.75 Å². The van der Waals surface area contributed by atoms with E-state index in [0.29, 0.717) is 11.6 Å². The van der Waals surface area contributed by atoms with E-state index in [1.54, 1.807) is 6.21 Å². The van der Waals surface area contributed by atoms with Gasteiger partial charge < -0.3 is 4.74 Å². The monoisotopic (exact) mass is 497 g/mol. The average molecular weight is 499 g/mol. The second-order valence-corrected chi connectivity index (χ2v) is 8.61. The number of nitrogens with zero attached hydrogens (tertiary/aromatic N) is 2. The van der Waals surface area contributed by atoms with Crippen LogP contribution >= 0.6 is 38.9 Å². The molecule has 0 aliphatic rings. The summed E-state index contributed by atoms with van der Waals surface area (Å²) in [5.74, 6) is 0.815. The third kappa shape index (κ3) is 5.69. The van der Waals surface area contributed by atoms with Crippen molar-refractivity contribution < 1.29 is 4.74 Å². The molecule has 0 fully saturated rings. The minimum absolute atomic E-state index is 0.530. The Hall–Kier alpha value is -2.67. The van der Waals surface area contributed by atoms with Gasteiger partial charge in [-0.2, -0.15) is 5.10 Å². The van der Waals surface area contributed by atoms with E-state index in [0.717, 1.165) is 37.7 Å². The topological polar surface area (TPSA) is 46.5 Å². The van der Waals surface area contributed by atoms with E-state index in [4.69, 9.17) is 16.3 Å². The van der Waals surface area contributed by atoms with Crippen LogP contribution in [0.25, 0.3) is 11.3 Å². The van der Waals surface area contributed by atoms with Crippen molar-refractivity contribution in [1.29, 1.82) is 0 Å². The zero-order valence-corrected chi connectivity index (χ0v) is 18.9. The van der Waals surface area contributed by atoms with Crippen LogP contribution in [0.4, 0.5) is 5.13 Å². The summed E-state index contributed by atoms with van der Waals surface area (Å²) in [6.45, 7) is 0.530. The highest BCUT2D eigenvalue weighted by Crippen LogP contribution is 2.26. The minimum atomic E-state index is 0.530. The highest BCUT2D eigenvalue weighted by atomic mass is 79.9. The molecular weight excluding hydrogens is 482 g/mol. The molecule has 4 nitrogen and oxygen atoms in total. The van der Waals surface area contributed by atoms with Crippen molar-refractivity contribution in [3.63, 3.8) is 0 Å². The third-order valence-electron chi connectivity index (χ3n) is 4.22. The molecule has 0 saturated carbocycles. The SMILES string of the molecule is Clc1ccc(-c2csc(N/N=C/c3ccc(OCc4ccc(Br)cc4)cc3)n2)cc1. The standard InChI is InChI=1S/C23H17BrClN3OS/c24-19-7-1-17(2-8-19)14-29-21-11-3-16(4-12-21)13-26-28-23-27-22(15-30-23)18-5-9-20(25)10-6-18/h1-13,15H,14H2,(H,27,28)/b26-13+. The maximum atomic E-state index is 5.93. The Morgan fingerprint density at radius 3 is 2.47 bits per heavy atom. The molecule has 150 valence electrons. The molecule has 1 heterocycles. The highest BCUT2D eigenvalue weighted by molar-refractivity contribution is 9.10. The van der Waals surface area contributed by atoms with E-state index in [1.165, 1.54) is 11.3 Å². The number of hydrogen-bond acceptors (Lipinski definition) is 5. The van der Waals surface area contributed by atoms with Crippen molar-refractivity contribution in [2.24, 2.45) is 5.10 Å². The minimum Gasteiger partial charge on any atom is -0.489 e. The number of anilines is 1. The Morgan fingerprint density at radius 2 is 1.73 bits per heavy atom. The Kier molecular flexibility index (Phi) is 6.79. The first-order valence-corrected chi connectivity index (χ1v) is 11.2. The molecule has 3 aromatic carbocycles. The van der Waals surface area contributed by atoms with Gasteiger partial charge in [-0.15, -0.1) is 11.3 Å². The maximum absolute atomic E-state index is 5.93. The van der Waals surface area contributed by atoms with Crippen molar-refractivity contribution in [2.45, 2.75) is 6.61 Å². The normalized spacial score (nSPS) is 11.0. The van der Waals surface area contributed by atoms with Gasteiger partial charge in [0, 0.05) is 20.4 Å². The summed E-state index contributed by atoms with van der Waals surface area (Å²) in [5, 5.41) is 7.69. The molecule has 30 heavy (non-hydrogen) atoms. The molecule has 0 atom stereocenters. The fourth-order valence-electron chi connectivity index (χ4n) is 2.64. The van der Waals surface area contributed by atoms with Gasteiger partial charge in [0.1, 0.15) is 12.4 Å². The van der Waals surface area contributed by atoms with E-state index in [1.807, 2.05) is 78.2 Å². The van der Waals surface area contributed by atoms with Crippen molar-refractivity contribution >= 4 is 50.2 Å². The molecule has 0 amide bonds. The van der Waals surface area contributed by atoms with Crippen LogP contribution in [0.2, 0.25) is 5.02 Å². The quantitative estimate of drug-likeness (QED) is 0.216. The molecule has 0 aliphatic heterocycles. The number of aromatic nitrogens is 1. The van der Waals surface area contributed by atoms with Crippen LogP contribution in [-0.4, -0.2) is 11.2 Å². The summed E-state index contributed by atoms with van der Waals surface area (Å²) >= 11 is 10.9. The summed E-state index contributed by atoms with van der Waals surface area (Å²) < 4.78 is 6.88. The zero-order valence-electron chi connectivity index (χ0n) is 15.8. The average Bonchev–Trinajstić information content (AvgIpc) is 3.24. The largest absolute Gasteiger partial charge is 0.489 e. The molecule has 7 heteroatoms. The first-order chi connectivity index (χ1) is 14.7. The first kappa shape index (κ1) is 20.6. The van der Waals surface area contributed by atoms with Crippen molar-refractivity contribution in [2.75, 3.05) is 5.43 Å². The fourth-order valence-corrected chi connectivity index (χ4v) is 3.70. The molecule has 0 spiro atoms. The first-order valence-electron chi connectivity index (χ1n) is 9.13. The van der Waals surface area contributed by atoms with Crippen molar-refractivity contribution in [3.05, 3.63) is 98.8 Å². The van der Waals surface area contributed by atoms with Crippen LogP contribution in [0.1, 0.15) is 11.1 Å². The summed E-state index contributed by atoms with van der Waals surface area (Å²) in [4.78, 5) is 4.54. The van der Waals surface area contributed by atoms with E-state index >= 15 is 0 Å². The Bertz CT molecular complexity index is 1130. The summed E-state index contributed by atoms with van der Waals surface area (Å²) in [6.07, 6.45) is 1.75. The molecule has 1 N–H and O–H groups in total. The lowest BCUT2D eigenvalue weighted by Gasteiger charge is -2.06. The molecule has 0 radical (unpaired) electrons. The van der Waals surface area contributed by atoms with Crippen LogP contribution in [-0.2, 0) is 6.61 Å². The molecule has 0 saturated heterocycles. The number of halogens is 2. The number of benzene rings is 3. The predicted molar refractivity (Wildman–Crippen MR) is 129 cm³/mol. The number of thiazole rings is 1. The molecule has 0 unspecified atom stereocenters. The van der Waals surface area contributed by atoms with Crippen molar-refractivity contribution in [1.82, 2.24) is 4.98 Å². The van der Waals surface area contributed by atoms with Gasteiger partial charge in [0.25, 0.3) is 0 Å². The highest BCUT2D eigenvalue weighted by Gasteiger charge is 2.04. The lowest BCUT2D eigenvalue weighted by molar-refractivity contribution is 0.306. The van der Waals surface area contributed by atoms with E-state index < -0.39 is 0 Å². The number of nitrogens with one attached hydrogen (secondary N) is 1. The summed E-state index contributed by atoms with van der Waals surface area (Å²) in [7, 11) is 0. The lowest BCUT2D eigenvalue weighted by Crippen LogP contribution is -1.95. The maximum Gasteiger partial charge on any atom is 0.203 e. The Morgan fingerprint density at radius 1 is 1.00 bits per heavy atom. The molecule has 4 aromatic rings. The predicted octanol–water partition coefficient (Wildman–Crippen LogP) is 7.25. The van der Waals surface area contributed by atoms with Crippen LogP contribution in [0.3, 0.4) is 0 Å². The lowest BCUT2D eigenvalue weighted by atomic mass is 10.2. The summed E-state index contributed by atoms with van der Waals surface area (Å²) in [6, 6.07) is 23.5. The van der Waals surface area contributed by atoms with Gasteiger partial charge in [0.2, 0.25) is 5.13 Å². The number of ether oxygens (including phenoxy) is 1. The smallest absolute Gasteiger partial charge is 0.203 e. The van der Waals surface area contributed by atoms with Crippen LogP contribution < -0.4 is 10.2 Å². The molecule has 0 bridgehead atoms. The molecule has 0 aliphatic carbocycles. The van der Waals surface area contributed by atoms with Gasteiger partial charge in [-0.25, -0.2) is 4.98 Å². The van der Waals surface area contributed by atoms with Gasteiger partial charge >= 0.3 is 0 Å². The van der Waals surface area contributed by atoms with E-state index in [-0.39, 0.29) is 0 Å². The number of hydrogen-bond donors (Lipinski definition) is 1. The van der Waals surface area contributed by atoms with Crippen LogP contribution in [0.15, 0.2) is 87.8 Å². The third-order valence-corrected chi connectivity index (χ3v) is 5.74. The fraction of sp³-hybridized carbons (Fsp3) is 0.0435. The van der Waals surface area contributed by atoms with Gasteiger partial charge in [0.05, 0.1) is 11.9 Å². The van der Waals surface area contributed by atoms with E-state index in [9.17, 15) is 0 Å². The van der Waals surface area contributed by atoms with Crippen molar-refractivity contribution in [3.8, 4) is 17.0 Å². The van der Waals surface area contributed by atoms with E-state index in [2.05, 4.69) is 31.4 Å². The molecule has 4 rings (SSSR count). The number of rotatable bonds is 7. The molecule has 1 aromatic heterocycles. The second kappa shape index (κ2) is 9.89. The van der Waals surface area contributed by atoms with Gasteiger partial charge in [-0.1, -0.05) is 51.8 Å². The summed E-state index contributed by atoms with van der Waals surface area (Å²) in [5.41, 5.74) is 6.97. The zero-order chi connectivity index (χ0) is 20.8. The second-order valence-electron chi connectivity index (χ2n) is 6.40. The van der Waals surface area contributed by atoms with Gasteiger partial charge in [-0.05, 0) is 59.7 Å².